The van der Waals surface area contributed by atoms with Crippen molar-refractivity contribution in [2.24, 2.45) is 0 Å². The van der Waals surface area contributed by atoms with Crippen LogP contribution in [0.15, 0.2) is 74.3 Å². The largest absolute Gasteiger partial charge is 0.493 e. The van der Waals surface area contributed by atoms with E-state index in [9.17, 15) is 9.59 Å². The molecular weight excluding hydrogens is 546 g/mol. The number of nitrogens with zero attached hydrogens (tertiary/aromatic N) is 1. The Labute approximate surface area is 221 Å². The fraction of sp³-hybridized carbons (Fsp3) is 0.214. The van der Waals surface area contributed by atoms with Crippen molar-refractivity contribution < 1.29 is 18.7 Å². The first-order valence-electron chi connectivity index (χ1n) is 11.6. The van der Waals surface area contributed by atoms with E-state index in [2.05, 4.69) is 22.9 Å². The summed E-state index contributed by atoms with van der Waals surface area (Å²) in [6.45, 7) is 2.66. The molecule has 6 nitrogen and oxygen atoms in total. The first-order valence-corrected chi connectivity index (χ1v) is 12.8. The number of benzene rings is 3. The molecule has 0 spiro atoms. The number of methoxy groups -OCH3 is 1. The Bertz CT molecular complexity index is 1520. The number of amides is 1. The van der Waals surface area contributed by atoms with Crippen LogP contribution in [0.4, 0.5) is 5.69 Å². The van der Waals surface area contributed by atoms with Crippen LogP contribution in [0.25, 0.3) is 11.0 Å². The number of carbonyl (C=O) groups is 1. The molecule has 0 fully saturated rings. The molecule has 1 amide bonds. The van der Waals surface area contributed by atoms with E-state index in [1.807, 2.05) is 42.5 Å². The molecule has 3 aromatic carbocycles. The monoisotopic (exact) mass is 567 g/mol. The quantitative estimate of drug-likeness (QED) is 0.222. The average molecular weight is 569 g/mol. The van der Waals surface area contributed by atoms with E-state index in [-0.39, 0.29) is 16.8 Å². The smallest absolute Gasteiger partial charge is 0.295 e. The van der Waals surface area contributed by atoms with Gasteiger partial charge in [-0.05, 0) is 66.6 Å². The predicted octanol–water partition coefficient (Wildman–Crippen LogP) is 7.15. The van der Waals surface area contributed by atoms with Crippen molar-refractivity contribution in [3.8, 4) is 11.5 Å². The molecule has 0 N–H and O–H groups in total. The van der Waals surface area contributed by atoms with Crippen molar-refractivity contribution in [1.29, 1.82) is 0 Å². The second kappa shape index (κ2) is 9.99. The van der Waals surface area contributed by atoms with Crippen molar-refractivity contribution >= 4 is 50.1 Å². The van der Waals surface area contributed by atoms with Crippen molar-refractivity contribution in [2.75, 3.05) is 18.6 Å². The van der Waals surface area contributed by atoms with E-state index in [4.69, 9.17) is 25.5 Å². The fourth-order valence-electron chi connectivity index (χ4n) is 4.43. The van der Waals surface area contributed by atoms with E-state index >= 15 is 0 Å². The van der Waals surface area contributed by atoms with Crippen LogP contribution in [0.1, 0.15) is 47.5 Å². The molecule has 0 saturated heterocycles. The Morgan fingerprint density at radius 3 is 2.53 bits per heavy atom. The Kier molecular flexibility index (Phi) is 6.77. The lowest BCUT2D eigenvalue weighted by Gasteiger charge is -2.26. The van der Waals surface area contributed by atoms with Gasteiger partial charge in [0, 0.05) is 15.2 Å². The van der Waals surface area contributed by atoms with Crippen LogP contribution in [0.3, 0.4) is 0 Å². The highest BCUT2D eigenvalue weighted by atomic mass is 79.9. The summed E-state index contributed by atoms with van der Waals surface area (Å²) < 4.78 is 18.4. The van der Waals surface area contributed by atoms with Gasteiger partial charge in [0.15, 0.2) is 16.9 Å². The number of halogens is 2. The fourth-order valence-corrected chi connectivity index (χ4v) is 4.86. The third-order valence-electron chi connectivity index (χ3n) is 6.20. The van der Waals surface area contributed by atoms with E-state index in [1.165, 1.54) is 0 Å². The molecule has 36 heavy (non-hydrogen) atoms. The number of rotatable bonds is 7. The van der Waals surface area contributed by atoms with Crippen molar-refractivity contribution in [2.45, 2.75) is 25.8 Å². The van der Waals surface area contributed by atoms with Crippen LogP contribution in [0.2, 0.25) is 5.02 Å². The molecule has 1 atom stereocenters. The predicted molar refractivity (Wildman–Crippen MR) is 144 cm³/mol. The molecule has 5 rings (SSSR count). The van der Waals surface area contributed by atoms with Gasteiger partial charge < -0.3 is 13.9 Å². The molecule has 1 aromatic heterocycles. The van der Waals surface area contributed by atoms with Gasteiger partial charge in [-0.2, -0.15) is 0 Å². The number of unbranched alkanes of at least 4 members (excludes halogenated alkanes) is 1. The maximum Gasteiger partial charge on any atom is 0.295 e. The minimum atomic E-state index is -0.730. The third kappa shape index (κ3) is 4.27. The summed E-state index contributed by atoms with van der Waals surface area (Å²) in [6.07, 6.45) is 1.93. The molecule has 1 unspecified atom stereocenters. The van der Waals surface area contributed by atoms with Crippen LogP contribution < -0.4 is 19.8 Å². The Morgan fingerprint density at radius 1 is 1.03 bits per heavy atom. The Morgan fingerprint density at radius 2 is 1.81 bits per heavy atom. The first kappa shape index (κ1) is 24.4. The normalized spacial score (nSPS) is 14.8. The molecule has 0 radical (unpaired) electrons. The van der Waals surface area contributed by atoms with Gasteiger partial charge in [-0.3, -0.25) is 14.5 Å². The zero-order valence-electron chi connectivity index (χ0n) is 19.7. The molecule has 0 saturated carbocycles. The van der Waals surface area contributed by atoms with Gasteiger partial charge in [0.05, 0.1) is 30.7 Å². The van der Waals surface area contributed by atoms with Crippen LogP contribution in [0, 0.1) is 0 Å². The Hall–Kier alpha value is -3.29. The third-order valence-corrected chi connectivity index (χ3v) is 6.96. The highest BCUT2D eigenvalue weighted by Crippen LogP contribution is 2.43. The molecule has 8 heteroatoms. The van der Waals surface area contributed by atoms with E-state index < -0.39 is 11.9 Å². The maximum absolute atomic E-state index is 13.8. The van der Waals surface area contributed by atoms with Crippen LogP contribution in [0.5, 0.6) is 11.5 Å². The number of hydrogen-bond donors (Lipinski definition) is 0. The van der Waals surface area contributed by atoms with Crippen LogP contribution >= 0.6 is 27.5 Å². The molecular formula is C28H23BrClNO5. The summed E-state index contributed by atoms with van der Waals surface area (Å²) in [7, 11) is 1.57. The molecule has 0 bridgehead atoms. The molecule has 184 valence electrons. The second-order valence-corrected chi connectivity index (χ2v) is 9.83. The van der Waals surface area contributed by atoms with Gasteiger partial charge >= 0.3 is 0 Å². The summed E-state index contributed by atoms with van der Waals surface area (Å²) >= 11 is 9.62. The van der Waals surface area contributed by atoms with Gasteiger partial charge in [0.25, 0.3) is 5.91 Å². The minimum absolute atomic E-state index is 0.0185. The molecule has 4 aromatic rings. The SMILES string of the molecule is CCCCOc1ccc(C2c3c(oc4ccc(Cl)cc4c3=O)C(=O)N2c2ccc(Br)cc2)cc1OC. The molecule has 0 aliphatic carbocycles. The lowest BCUT2D eigenvalue weighted by atomic mass is 9.97. The molecule has 1 aliphatic rings. The number of hydrogen-bond acceptors (Lipinski definition) is 5. The summed E-state index contributed by atoms with van der Waals surface area (Å²) in [6, 6.07) is 16.9. The van der Waals surface area contributed by atoms with E-state index in [0.717, 1.165) is 17.3 Å². The molecule has 2 heterocycles. The van der Waals surface area contributed by atoms with Crippen molar-refractivity contribution in [3.05, 3.63) is 97.3 Å². The van der Waals surface area contributed by atoms with Gasteiger partial charge in [-0.15, -0.1) is 0 Å². The van der Waals surface area contributed by atoms with E-state index in [1.54, 1.807) is 30.2 Å². The maximum atomic E-state index is 13.8. The van der Waals surface area contributed by atoms with Gasteiger partial charge in [0.1, 0.15) is 5.58 Å². The highest BCUT2D eigenvalue weighted by Gasteiger charge is 2.44. The van der Waals surface area contributed by atoms with Gasteiger partial charge in [0.2, 0.25) is 5.76 Å². The zero-order valence-corrected chi connectivity index (χ0v) is 22.1. The topological polar surface area (TPSA) is 69.0 Å². The van der Waals surface area contributed by atoms with Gasteiger partial charge in [-0.25, -0.2) is 0 Å². The number of carbonyl (C=O) groups excluding carboxylic acids is 1. The number of anilines is 1. The summed E-state index contributed by atoms with van der Waals surface area (Å²) in [4.78, 5) is 29.1. The van der Waals surface area contributed by atoms with Crippen molar-refractivity contribution in [1.82, 2.24) is 0 Å². The van der Waals surface area contributed by atoms with Crippen LogP contribution in [-0.4, -0.2) is 19.6 Å². The van der Waals surface area contributed by atoms with Gasteiger partial charge in [-0.1, -0.05) is 46.9 Å². The number of ether oxygens (including phenoxy) is 2. The van der Waals surface area contributed by atoms with E-state index in [0.29, 0.717) is 45.3 Å². The average Bonchev–Trinajstić information content (AvgIpc) is 3.17. The standard InChI is InChI=1S/C28H23BrClNO5/c1-3-4-13-35-22-11-5-16(14-23(22)34-2)25-24-26(32)20-15-18(30)8-12-21(20)36-27(24)28(33)31(25)19-9-6-17(29)7-10-19/h5-12,14-15,25H,3-4,13H2,1-2H3. The zero-order chi connectivity index (χ0) is 25.4. The molecule has 1 aliphatic heterocycles. The number of fused-ring (bicyclic) bond motifs is 2. The summed E-state index contributed by atoms with van der Waals surface area (Å²) in [5.41, 5.74) is 1.60. The first-order chi connectivity index (χ1) is 17.4. The Balaban J connectivity index is 1.71. The van der Waals surface area contributed by atoms with Crippen molar-refractivity contribution in [3.63, 3.8) is 0 Å². The second-order valence-electron chi connectivity index (χ2n) is 8.48. The lowest BCUT2D eigenvalue weighted by molar-refractivity contribution is 0.0971. The summed E-state index contributed by atoms with van der Waals surface area (Å²) in [5, 5.41) is 0.735. The highest BCUT2D eigenvalue weighted by molar-refractivity contribution is 9.10. The van der Waals surface area contributed by atoms with Crippen LogP contribution in [-0.2, 0) is 0 Å². The summed E-state index contributed by atoms with van der Waals surface area (Å²) in [5.74, 6) is 0.749. The minimum Gasteiger partial charge on any atom is -0.493 e. The lowest BCUT2D eigenvalue weighted by Crippen LogP contribution is -2.29.